The van der Waals surface area contributed by atoms with E-state index in [4.69, 9.17) is 30.5 Å². The van der Waals surface area contributed by atoms with Gasteiger partial charge in [0.05, 0.1) is 50.6 Å². The van der Waals surface area contributed by atoms with E-state index in [9.17, 15) is 19.8 Å². The SMILES string of the molecule is COc1cc(OC)c(/C(O)=C2\C(=O)C(=O)N(CCc3ccc(OC)c(OC)c3)C2c2ccc(O)cc2)cc1Cl. The average Bonchev–Trinajstić information content (AvgIpc) is 3.20. The third kappa shape index (κ3) is 5.31. The van der Waals surface area contributed by atoms with Crippen molar-refractivity contribution >= 4 is 29.1 Å². The van der Waals surface area contributed by atoms with Gasteiger partial charge in [0.25, 0.3) is 11.7 Å². The maximum absolute atomic E-state index is 13.4. The summed E-state index contributed by atoms with van der Waals surface area (Å²) in [4.78, 5) is 28.1. The minimum absolute atomic E-state index is 0.0182. The number of phenols is 1. The second-order valence-electron chi connectivity index (χ2n) is 8.71. The first-order valence-electron chi connectivity index (χ1n) is 11.9. The molecule has 2 N–H and O–H groups in total. The number of halogens is 1. The number of carbonyl (C=O) groups is 2. The van der Waals surface area contributed by atoms with Crippen molar-refractivity contribution in [1.82, 2.24) is 4.90 Å². The minimum Gasteiger partial charge on any atom is -0.508 e. The smallest absolute Gasteiger partial charge is 0.295 e. The molecule has 9 nitrogen and oxygen atoms in total. The van der Waals surface area contributed by atoms with Gasteiger partial charge in [-0.1, -0.05) is 29.8 Å². The van der Waals surface area contributed by atoms with Crippen LogP contribution in [0.25, 0.3) is 5.76 Å². The second-order valence-corrected chi connectivity index (χ2v) is 9.12. The number of carbonyl (C=O) groups excluding carboxylic acids is 2. The first kappa shape index (κ1) is 27.7. The van der Waals surface area contributed by atoms with E-state index in [0.717, 1.165) is 5.56 Å². The zero-order chi connectivity index (χ0) is 28.3. The van der Waals surface area contributed by atoms with Gasteiger partial charge in [0, 0.05) is 12.6 Å². The van der Waals surface area contributed by atoms with Crippen molar-refractivity contribution in [1.29, 1.82) is 0 Å². The lowest BCUT2D eigenvalue weighted by atomic mass is 9.94. The monoisotopic (exact) mass is 553 g/mol. The molecule has 39 heavy (non-hydrogen) atoms. The second kappa shape index (κ2) is 11.6. The Morgan fingerprint density at radius 3 is 2.10 bits per heavy atom. The van der Waals surface area contributed by atoms with Crippen LogP contribution >= 0.6 is 11.6 Å². The molecular formula is C29H28ClNO8. The van der Waals surface area contributed by atoms with Crippen LogP contribution in [0.4, 0.5) is 0 Å². The van der Waals surface area contributed by atoms with E-state index < -0.39 is 23.5 Å². The Hall–Kier alpha value is -4.37. The number of ketones is 1. The van der Waals surface area contributed by atoms with Gasteiger partial charge in [0.2, 0.25) is 0 Å². The lowest BCUT2D eigenvalue weighted by Crippen LogP contribution is -2.31. The van der Waals surface area contributed by atoms with E-state index in [-0.39, 0.29) is 34.2 Å². The average molecular weight is 554 g/mol. The number of methoxy groups -OCH3 is 4. The molecule has 204 valence electrons. The van der Waals surface area contributed by atoms with Crippen LogP contribution in [-0.4, -0.2) is 61.8 Å². The number of Topliss-reactive ketones (excluding diaryl/α,β-unsaturated/α-hetero) is 1. The molecule has 1 amide bonds. The van der Waals surface area contributed by atoms with Crippen LogP contribution in [0.2, 0.25) is 5.02 Å². The van der Waals surface area contributed by atoms with Gasteiger partial charge < -0.3 is 34.1 Å². The highest BCUT2D eigenvalue weighted by Gasteiger charge is 2.46. The zero-order valence-corrected chi connectivity index (χ0v) is 22.6. The summed E-state index contributed by atoms with van der Waals surface area (Å²) in [5, 5.41) is 21.5. The van der Waals surface area contributed by atoms with Crippen molar-refractivity contribution in [2.45, 2.75) is 12.5 Å². The molecule has 10 heteroatoms. The Morgan fingerprint density at radius 2 is 1.49 bits per heavy atom. The number of aromatic hydroxyl groups is 1. The summed E-state index contributed by atoms with van der Waals surface area (Å²) in [5.74, 6) is -0.426. The van der Waals surface area contributed by atoms with Crippen LogP contribution < -0.4 is 18.9 Å². The number of rotatable bonds is 9. The molecule has 1 aliphatic rings. The molecule has 0 aromatic heterocycles. The van der Waals surface area contributed by atoms with Gasteiger partial charge in [-0.2, -0.15) is 0 Å². The number of amides is 1. The fraction of sp³-hybridized carbons (Fsp3) is 0.241. The van der Waals surface area contributed by atoms with Gasteiger partial charge in [-0.3, -0.25) is 9.59 Å². The molecule has 0 radical (unpaired) electrons. The van der Waals surface area contributed by atoms with E-state index in [1.807, 2.05) is 6.07 Å². The Bertz CT molecular complexity index is 1430. The van der Waals surface area contributed by atoms with Crippen LogP contribution in [0.5, 0.6) is 28.7 Å². The summed E-state index contributed by atoms with van der Waals surface area (Å²) >= 11 is 6.31. The Balaban J connectivity index is 1.80. The summed E-state index contributed by atoms with van der Waals surface area (Å²) in [7, 11) is 5.91. The van der Waals surface area contributed by atoms with Crippen molar-refractivity contribution in [2.24, 2.45) is 0 Å². The maximum atomic E-state index is 13.4. The van der Waals surface area contributed by atoms with Crippen molar-refractivity contribution in [3.8, 4) is 28.7 Å². The molecule has 1 aliphatic heterocycles. The predicted octanol–water partition coefficient (Wildman–Crippen LogP) is 4.74. The number of likely N-dealkylation sites (tertiary alicyclic amines) is 1. The van der Waals surface area contributed by atoms with Gasteiger partial charge in [-0.05, 0) is 47.9 Å². The summed E-state index contributed by atoms with van der Waals surface area (Å²) < 4.78 is 21.3. The van der Waals surface area contributed by atoms with Crippen molar-refractivity contribution in [3.63, 3.8) is 0 Å². The van der Waals surface area contributed by atoms with Crippen LogP contribution in [0.15, 0.2) is 60.2 Å². The third-order valence-corrected chi connectivity index (χ3v) is 6.86. The number of ether oxygens (including phenoxy) is 4. The van der Waals surface area contributed by atoms with Crippen LogP contribution in [0.3, 0.4) is 0 Å². The molecule has 3 aromatic carbocycles. The molecular weight excluding hydrogens is 526 g/mol. The lowest BCUT2D eigenvalue weighted by Gasteiger charge is -2.26. The zero-order valence-electron chi connectivity index (χ0n) is 21.9. The van der Waals surface area contributed by atoms with Gasteiger partial charge in [-0.25, -0.2) is 0 Å². The largest absolute Gasteiger partial charge is 0.508 e. The Kier molecular flexibility index (Phi) is 8.21. The molecule has 0 aliphatic carbocycles. The van der Waals surface area contributed by atoms with Gasteiger partial charge in [0.15, 0.2) is 11.5 Å². The molecule has 1 fully saturated rings. The third-order valence-electron chi connectivity index (χ3n) is 6.57. The van der Waals surface area contributed by atoms with Crippen molar-refractivity contribution < 1.29 is 38.7 Å². The molecule has 1 saturated heterocycles. The van der Waals surface area contributed by atoms with Gasteiger partial charge in [-0.15, -0.1) is 0 Å². The molecule has 1 heterocycles. The van der Waals surface area contributed by atoms with Crippen LogP contribution in [0, 0.1) is 0 Å². The van der Waals surface area contributed by atoms with E-state index in [2.05, 4.69) is 0 Å². The molecule has 0 spiro atoms. The number of benzene rings is 3. The number of hydrogen-bond donors (Lipinski definition) is 2. The van der Waals surface area contributed by atoms with Crippen LogP contribution in [-0.2, 0) is 16.0 Å². The number of phenolic OH excluding ortho intramolecular Hbond substituents is 1. The van der Waals surface area contributed by atoms with Crippen molar-refractivity contribution in [3.05, 3.63) is 81.9 Å². The summed E-state index contributed by atoms with van der Waals surface area (Å²) in [5.41, 5.74) is 1.38. The minimum atomic E-state index is -0.934. The Labute approximate surface area is 230 Å². The summed E-state index contributed by atoms with van der Waals surface area (Å²) in [6, 6.07) is 13.5. The van der Waals surface area contributed by atoms with Crippen LogP contribution in [0.1, 0.15) is 22.7 Å². The number of aliphatic hydroxyl groups is 1. The van der Waals surface area contributed by atoms with Gasteiger partial charge in [0.1, 0.15) is 23.0 Å². The normalized spacial score (nSPS) is 16.3. The van der Waals surface area contributed by atoms with E-state index in [1.54, 1.807) is 31.4 Å². The summed E-state index contributed by atoms with van der Waals surface area (Å²) in [6.07, 6.45) is 0.389. The molecule has 1 unspecified atom stereocenters. The van der Waals surface area contributed by atoms with E-state index in [0.29, 0.717) is 29.2 Å². The fourth-order valence-corrected chi connectivity index (χ4v) is 4.83. The highest BCUT2D eigenvalue weighted by atomic mass is 35.5. The first-order valence-corrected chi connectivity index (χ1v) is 12.3. The summed E-state index contributed by atoms with van der Waals surface area (Å²) in [6.45, 7) is 0.156. The predicted molar refractivity (Wildman–Crippen MR) is 145 cm³/mol. The molecule has 0 saturated carbocycles. The topological polar surface area (TPSA) is 115 Å². The highest BCUT2D eigenvalue weighted by Crippen LogP contribution is 2.43. The molecule has 4 rings (SSSR count). The highest BCUT2D eigenvalue weighted by molar-refractivity contribution is 6.46. The fourth-order valence-electron chi connectivity index (χ4n) is 4.59. The standard InChI is InChI=1S/C29H28ClNO8/c1-36-21-10-5-16(13-24(21)39-4)11-12-31-26(17-6-8-18(32)9-7-17)25(28(34)29(31)35)27(33)19-14-20(30)23(38-3)15-22(19)37-2/h5-10,13-15,26,32-33H,11-12H2,1-4H3/b27-25+. The maximum Gasteiger partial charge on any atom is 0.295 e. The molecule has 1 atom stereocenters. The van der Waals surface area contributed by atoms with Crippen molar-refractivity contribution in [2.75, 3.05) is 35.0 Å². The Morgan fingerprint density at radius 1 is 0.846 bits per heavy atom. The number of aliphatic hydroxyl groups excluding tert-OH is 1. The van der Waals surface area contributed by atoms with Gasteiger partial charge >= 0.3 is 0 Å². The first-order chi connectivity index (χ1) is 18.7. The molecule has 3 aromatic rings. The molecule has 0 bridgehead atoms. The van der Waals surface area contributed by atoms with E-state index in [1.165, 1.54) is 50.5 Å². The number of nitrogens with zero attached hydrogens (tertiary/aromatic N) is 1. The quantitative estimate of drug-likeness (QED) is 0.222. The van der Waals surface area contributed by atoms with E-state index >= 15 is 0 Å². The number of hydrogen-bond acceptors (Lipinski definition) is 8. The lowest BCUT2D eigenvalue weighted by molar-refractivity contribution is -0.139.